The number of hydrogen-bond acceptors (Lipinski definition) is 3. The van der Waals surface area contributed by atoms with E-state index >= 15 is 0 Å². The third-order valence-corrected chi connectivity index (χ3v) is 4.74. The number of halogens is 4. The van der Waals surface area contributed by atoms with Crippen LogP contribution in [0.3, 0.4) is 0 Å². The van der Waals surface area contributed by atoms with Crippen molar-refractivity contribution in [2.45, 2.75) is 24.5 Å². The molecule has 2 aromatic carbocycles. The van der Waals surface area contributed by atoms with E-state index in [4.69, 9.17) is 0 Å². The minimum absolute atomic E-state index is 0.181. The minimum Gasteiger partial charge on any atom is -0.326 e. The van der Waals surface area contributed by atoms with Crippen LogP contribution in [0.15, 0.2) is 47.4 Å². The first-order valence-corrected chi connectivity index (χ1v) is 8.71. The molecule has 0 aliphatic carbocycles. The van der Waals surface area contributed by atoms with E-state index in [0.29, 0.717) is 11.8 Å². The fourth-order valence-electron chi connectivity index (χ4n) is 2.11. The summed E-state index contributed by atoms with van der Waals surface area (Å²) < 4.78 is 78.4. The second-order valence-corrected chi connectivity index (χ2v) is 7.07. The molecule has 0 aromatic heterocycles. The molecule has 0 saturated heterocycles. The van der Waals surface area contributed by atoms with E-state index in [1.165, 1.54) is 31.2 Å². The highest BCUT2D eigenvalue weighted by Crippen LogP contribution is 2.32. The molecule has 0 fully saturated rings. The molecule has 2 N–H and O–H groups in total. The summed E-state index contributed by atoms with van der Waals surface area (Å²) in [6.45, 7) is 0.640. The normalized spacial score (nSPS) is 12.0. The Morgan fingerprint density at radius 3 is 2.23 bits per heavy atom. The molecule has 10 heteroatoms. The molecule has 0 spiro atoms. The number of anilines is 1. The first-order valence-electron chi connectivity index (χ1n) is 7.22. The number of hydrogen-bond donors (Lipinski definition) is 2. The number of nitrogens with one attached hydrogen (secondary N) is 2. The highest BCUT2D eigenvalue weighted by atomic mass is 32.2. The van der Waals surface area contributed by atoms with Gasteiger partial charge in [0.15, 0.2) is 0 Å². The largest absolute Gasteiger partial charge is 0.419 e. The van der Waals surface area contributed by atoms with Crippen LogP contribution in [0.25, 0.3) is 0 Å². The van der Waals surface area contributed by atoms with E-state index in [-0.39, 0.29) is 10.8 Å². The molecule has 140 valence electrons. The van der Waals surface area contributed by atoms with Crippen LogP contribution in [0.5, 0.6) is 0 Å². The summed E-state index contributed by atoms with van der Waals surface area (Å²) in [5.74, 6) is -1.86. The van der Waals surface area contributed by atoms with Crippen LogP contribution in [0.4, 0.5) is 23.2 Å². The lowest BCUT2D eigenvalue weighted by molar-refractivity contribution is -0.140. The third-order valence-electron chi connectivity index (χ3n) is 3.32. The second-order valence-electron chi connectivity index (χ2n) is 5.31. The first-order chi connectivity index (χ1) is 12.0. The van der Waals surface area contributed by atoms with Crippen LogP contribution in [-0.4, -0.2) is 14.3 Å². The zero-order chi connectivity index (χ0) is 19.5. The fourth-order valence-corrected chi connectivity index (χ4v) is 3.12. The zero-order valence-corrected chi connectivity index (χ0v) is 14.2. The molecule has 0 radical (unpaired) electrons. The summed E-state index contributed by atoms with van der Waals surface area (Å²) in [5, 5.41) is 2.46. The Labute approximate surface area is 147 Å². The lowest BCUT2D eigenvalue weighted by Crippen LogP contribution is -2.24. The second kappa shape index (κ2) is 7.42. The average Bonchev–Trinajstić information content (AvgIpc) is 2.53. The van der Waals surface area contributed by atoms with Crippen molar-refractivity contribution in [3.63, 3.8) is 0 Å². The summed E-state index contributed by atoms with van der Waals surface area (Å²) in [6, 6.07) is 7.74. The van der Waals surface area contributed by atoms with Crippen LogP contribution in [-0.2, 0) is 27.5 Å². The smallest absolute Gasteiger partial charge is 0.326 e. The van der Waals surface area contributed by atoms with Gasteiger partial charge in [0.1, 0.15) is 5.82 Å². The predicted molar refractivity (Wildman–Crippen MR) is 86.2 cm³/mol. The summed E-state index contributed by atoms with van der Waals surface area (Å²) in [7, 11) is -4.08. The van der Waals surface area contributed by atoms with E-state index < -0.39 is 39.7 Å². The van der Waals surface area contributed by atoms with Crippen molar-refractivity contribution in [3.8, 4) is 0 Å². The summed E-state index contributed by atoms with van der Waals surface area (Å²) >= 11 is 0. The maximum absolute atomic E-state index is 13.9. The van der Waals surface area contributed by atoms with Gasteiger partial charge in [-0.1, -0.05) is 12.1 Å². The molecule has 2 rings (SSSR count). The molecule has 0 atom stereocenters. The van der Waals surface area contributed by atoms with Gasteiger partial charge in [-0.05, 0) is 30.3 Å². The predicted octanol–water partition coefficient (Wildman–Crippen LogP) is 3.28. The number of carbonyl (C=O) groups excluding carboxylic acids is 1. The van der Waals surface area contributed by atoms with Gasteiger partial charge in [-0.2, -0.15) is 13.2 Å². The van der Waals surface area contributed by atoms with Crippen LogP contribution >= 0.6 is 0 Å². The SMILES string of the molecule is CC(=O)Nc1ccc(S(=O)(=O)NCc2cccc(C(F)(F)F)c2F)cc1. The quantitative estimate of drug-likeness (QED) is 0.770. The number of sulfonamides is 1. The Balaban J connectivity index is 2.17. The molecule has 5 nitrogen and oxygen atoms in total. The highest BCUT2D eigenvalue weighted by Gasteiger charge is 2.34. The van der Waals surface area contributed by atoms with Crippen LogP contribution < -0.4 is 10.0 Å². The van der Waals surface area contributed by atoms with Gasteiger partial charge in [0.25, 0.3) is 0 Å². The van der Waals surface area contributed by atoms with Gasteiger partial charge in [0.2, 0.25) is 15.9 Å². The number of carbonyl (C=O) groups is 1. The first kappa shape index (κ1) is 19.9. The molecule has 26 heavy (non-hydrogen) atoms. The molecule has 0 aliphatic heterocycles. The molecule has 0 unspecified atom stereocenters. The van der Waals surface area contributed by atoms with E-state index in [1.807, 2.05) is 4.72 Å². The maximum atomic E-state index is 13.9. The van der Waals surface area contributed by atoms with E-state index in [2.05, 4.69) is 5.32 Å². The van der Waals surface area contributed by atoms with Gasteiger partial charge in [0, 0.05) is 24.7 Å². The van der Waals surface area contributed by atoms with Gasteiger partial charge in [0.05, 0.1) is 10.5 Å². The van der Waals surface area contributed by atoms with Crippen molar-refractivity contribution in [2.75, 3.05) is 5.32 Å². The Hall–Kier alpha value is -2.46. The van der Waals surface area contributed by atoms with Crippen LogP contribution in [0, 0.1) is 5.82 Å². The molecular formula is C16H14F4N2O3S. The summed E-state index contributed by atoms with van der Waals surface area (Å²) in [5.41, 5.74) is -1.52. The van der Waals surface area contributed by atoms with Crippen LogP contribution in [0.2, 0.25) is 0 Å². The molecule has 0 aliphatic rings. The Morgan fingerprint density at radius 2 is 1.69 bits per heavy atom. The Morgan fingerprint density at radius 1 is 1.08 bits per heavy atom. The van der Waals surface area contributed by atoms with Crippen molar-refractivity contribution >= 4 is 21.6 Å². The van der Waals surface area contributed by atoms with E-state index in [9.17, 15) is 30.8 Å². The number of alkyl halides is 3. The van der Waals surface area contributed by atoms with Crippen molar-refractivity contribution in [1.82, 2.24) is 4.72 Å². The van der Waals surface area contributed by atoms with Crippen molar-refractivity contribution in [3.05, 3.63) is 59.4 Å². The minimum atomic E-state index is -4.88. The number of benzene rings is 2. The molecule has 1 amide bonds. The van der Waals surface area contributed by atoms with Crippen molar-refractivity contribution in [1.29, 1.82) is 0 Å². The monoisotopic (exact) mass is 390 g/mol. The lowest BCUT2D eigenvalue weighted by atomic mass is 10.1. The topological polar surface area (TPSA) is 75.3 Å². The standard InChI is InChI=1S/C16H14F4N2O3S/c1-10(23)22-12-5-7-13(8-6-12)26(24,25)21-9-11-3-2-4-14(15(11)17)16(18,19)20/h2-8,21H,9H2,1H3,(H,22,23). The summed E-state index contributed by atoms with van der Waals surface area (Å²) in [4.78, 5) is 10.7. The molecule has 2 aromatic rings. The van der Waals surface area contributed by atoms with Gasteiger partial charge >= 0.3 is 6.18 Å². The van der Waals surface area contributed by atoms with Gasteiger partial charge in [-0.25, -0.2) is 17.5 Å². The van der Waals surface area contributed by atoms with Gasteiger partial charge in [-0.15, -0.1) is 0 Å². The number of rotatable bonds is 5. The van der Waals surface area contributed by atoms with Crippen molar-refractivity contribution in [2.24, 2.45) is 0 Å². The van der Waals surface area contributed by atoms with Gasteiger partial charge < -0.3 is 5.32 Å². The molecule has 0 bridgehead atoms. The van der Waals surface area contributed by atoms with E-state index in [0.717, 1.165) is 12.1 Å². The Kier molecular flexibility index (Phi) is 5.67. The number of amides is 1. The maximum Gasteiger partial charge on any atom is 0.419 e. The third kappa shape index (κ3) is 4.79. The van der Waals surface area contributed by atoms with Crippen molar-refractivity contribution < 1.29 is 30.8 Å². The molecular weight excluding hydrogens is 376 g/mol. The summed E-state index contributed by atoms with van der Waals surface area (Å²) in [6.07, 6.45) is -4.88. The van der Waals surface area contributed by atoms with E-state index in [1.54, 1.807) is 0 Å². The Bertz CT molecular complexity index is 910. The van der Waals surface area contributed by atoms with Gasteiger partial charge in [-0.3, -0.25) is 4.79 Å². The highest BCUT2D eigenvalue weighted by molar-refractivity contribution is 7.89. The average molecular weight is 390 g/mol. The van der Waals surface area contributed by atoms with Crippen LogP contribution in [0.1, 0.15) is 18.1 Å². The molecule has 0 heterocycles. The fraction of sp³-hybridized carbons (Fsp3) is 0.188. The molecule has 0 saturated carbocycles. The lowest BCUT2D eigenvalue weighted by Gasteiger charge is -2.12. The zero-order valence-electron chi connectivity index (χ0n) is 13.4.